The Kier molecular flexibility index (Phi) is 5.98. The highest BCUT2D eigenvalue weighted by atomic mass is 32.2. The van der Waals surface area contributed by atoms with Gasteiger partial charge in [-0.25, -0.2) is 8.42 Å². The highest BCUT2D eigenvalue weighted by molar-refractivity contribution is 8.13. The summed E-state index contributed by atoms with van der Waals surface area (Å²) >= 11 is 1.72. The maximum absolute atomic E-state index is 11.4. The van der Waals surface area contributed by atoms with Crippen LogP contribution in [0.3, 0.4) is 0 Å². The van der Waals surface area contributed by atoms with E-state index in [1.165, 1.54) is 0 Å². The van der Waals surface area contributed by atoms with Gasteiger partial charge >= 0.3 is 0 Å². The zero-order valence-corrected chi connectivity index (χ0v) is 13.2. The van der Waals surface area contributed by atoms with Crippen LogP contribution in [0.2, 0.25) is 0 Å². The molecule has 106 valence electrons. The molecule has 0 aromatic rings. The maximum atomic E-state index is 11.4. The van der Waals surface area contributed by atoms with E-state index in [1.807, 2.05) is 0 Å². The predicted octanol–water partition coefficient (Wildman–Crippen LogP) is 1.92. The van der Waals surface area contributed by atoms with Gasteiger partial charge in [0, 0.05) is 24.6 Å². The third-order valence-electron chi connectivity index (χ3n) is 3.70. The number of aliphatic imine (C=N–C) groups is 1. The highest BCUT2D eigenvalue weighted by Gasteiger charge is 2.29. The molecule has 0 unspecified atom stereocenters. The van der Waals surface area contributed by atoms with Crippen LogP contribution in [-0.4, -0.2) is 43.9 Å². The Morgan fingerprint density at radius 1 is 1.33 bits per heavy atom. The first-order valence-electron chi connectivity index (χ1n) is 6.58. The number of thioether (sulfide) groups is 1. The summed E-state index contributed by atoms with van der Waals surface area (Å²) in [5.41, 5.74) is 0.339. The van der Waals surface area contributed by atoms with Gasteiger partial charge in [-0.3, -0.25) is 4.99 Å². The molecule has 18 heavy (non-hydrogen) atoms. The summed E-state index contributed by atoms with van der Waals surface area (Å²) in [6.07, 6.45) is 2.30. The maximum Gasteiger partial charge on any atom is 0.156 e. The van der Waals surface area contributed by atoms with Crippen LogP contribution in [0.25, 0.3) is 0 Å². The predicted molar refractivity (Wildman–Crippen MR) is 80.1 cm³/mol. The Labute approximate surface area is 115 Å². The molecule has 0 saturated heterocycles. The first kappa shape index (κ1) is 15.8. The molecule has 0 aliphatic carbocycles. The fraction of sp³-hybridized carbons (Fsp3) is 0.917. The minimum absolute atomic E-state index is 0.190. The number of rotatable bonds is 6. The van der Waals surface area contributed by atoms with Gasteiger partial charge in [0.05, 0.1) is 5.75 Å². The van der Waals surface area contributed by atoms with E-state index in [4.69, 9.17) is 0 Å². The Balaban J connectivity index is 2.41. The summed E-state index contributed by atoms with van der Waals surface area (Å²) in [5, 5.41) is 4.03. The lowest BCUT2D eigenvalue weighted by Gasteiger charge is -2.33. The minimum Gasteiger partial charge on any atom is -0.364 e. The second kappa shape index (κ2) is 6.80. The molecule has 0 aromatic heterocycles. The monoisotopic (exact) mass is 292 g/mol. The fourth-order valence-electron chi connectivity index (χ4n) is 1.79. The van der Waals surface area contributed by atoms with Crippen LogP contribution >= 0.6 is 11.8 Å². The van der Waals surface area contributed by atoms with Gasteiger partial charge in [-0.05, 0) is 18.3 Å². The molecule has 0 amide bonds. The van der Waals surface area contributed by atoms with Crippen molar-refractivity contribution in [3.63, 3.8) is 0 Å². The van der Waals surface area contributed by atoms with Gasteiger partial charge in [0.25, 0.3) is 0 Å². The van der Waals surface area contributed by atoms with Gasteiger partial charge in [0.1, 0.15) is 0 Å². The Morgan fingerprint density at radius 3 is 2.44 bits per heavy atom. The molecular weight excluding hydrogens is 268 g/mol. The summed E-state index contributed by atoms with van der Waals surface area (Å²) in [4.78, 5) is 4.54. The SMILES string of the molecule is CCC1(CC)CN=C(NCCS(=O)(=O)CC)SC1. The molecular formula is C12H24N2O2S2. The van der Waals surface area contributed by atoms with Crippen molar-refractivity contribution >= 4 is 26.8 Å². The standard InChI is InChI=1S/C12H24N2O2S2/c1-4-12(5-2)9-14-11(17-10-12)13-7-8-18(15,16)6-3/h4-10H2,1-3H3,(H,13,14). The van der Waals surface area contributed by atoms with Gasteiger partial charge < -0.3 is 5.32 Å². The highest BCUT2D eigenvalue weighted by Crippen LogP contribution is 2.34. The lowest BCUT2D eigenvalue weighted by molar-refractivity contribution is 0.318. The molecule has 0 fully saturated rings. The average Bonchev–Trinajstić information content (AvgIpc) is 2.40. The molecule has 1 aliphatic heterocycles. The van der Waals surface area contributed by atoms with E-state index in [1.54, 1.807) is 18.7 Å². The number of nitrogens with one attached hydrogen (secondary N) is 1. The number of sulfone groups is 1. The van der Waals surface area contributed by atoms with E-state index in [0.717, 1.165) is 30.3 Å². The normalized spacial score (nSPS) is 19.4. The summed E-state index contributed by atoms with van der Waals surface area (Å²) in [5.74, 6) is 1.48. The summed E-state index contributed by atoms with van der Waals surface area (Å²) in [6, 6.07) is 0. The van der Waals surface area contributed by atoms with Crippen LogP contribution in [-0.2, 0) is 9.84 Å². The van der Waals surface area contributed by atoms with Crippen molar-refractivity contribution in [3.05, 3.63) is 0 Å². The van der Waals surface area contributed by atoms with Crippen molar-refractivity contribution in [1.82, 2.24) is 5.32 Å². The quantitative estimate of drug-likeness (QED) is 0.812. The zero-order valence-electron chi connectivity index (χ0n) is 11.5. The van der Waals surface area contributed by atoms with Crippen molar-refractivity contribution in [2.75, 3.05) is 30.3 Å². The summed E-state index contributed by atoms with van der Waals surface area (Å²) in [7, 11) is -2.88. The first-order valence-corrected chi connectivity index (χ1v) is 9.39. The van der Waals surface area contributed by atoms with Crippen molar-refractivity contribution in [2.24, 2.45) is 10.4 Å². The van der Waals surface area contributed by atoms with Crippen LogP contribution in [0.4, 0.5) is 0 Å². The third-order valence-corrected chi connectivity index (χ3v) is 6.71. The van der Waals surface area contributed by atoms with Crippen LogP contribution in [0.1, 0.15) is 33.6 Å². The van der Waals surface area contributed by atoms with Gasteiger partial charge in [-0.2, -0.15) is 0 Å². The number of amidine groups is 1. The molecule has 0 aromatic carbocycles. The van der Waals surface area contributed by atoms with Gasteiger partial charge in [0.2, 0.25) is 0 Å². The molecule has 6 heteroatoms. The van der Waals surface area contributed by atoms with Gasteiger partial charge in [0.15, 0.2) is 15.0 Å². The average molecular weight is 292 g/mol. The summed E-state index contributed by atoms with van der Waals surface area (Å²) < 4.78 is 22.7. The molecule has 1 N–H and O–H groups in total. The third kappa shape index (κ3) is 4.46. The van der Waals surface area contributed by atoms with E-state index in [9.17, 15) is 8.42 Å². The molecule has 1 aliphatic rings. The van der Waals surface area contributed by atoms with Crippen molar-refractivity contribution in [2.45, 2.75) is 33.6 Å². The van der Waals surface area contributed by atoms with Crippen LogP contribution < -0.4 is 5.32 Å². The Hall–Kier alpha value is -0.230. The lowest BCUT2D eigenvalue weighted by atomic mass is 9.84. The Morgan fingerprint density at radius 2 is 2.00 bits per heavy atom. The van der Waals surface area contributed by atoms with Crippen molar-refractivity contribution < 1.29 is 8.42 Å². The van der Waals surface area contributed by atoms with E-state index in [-0.39, 0.29) is 11.5 Å². The van der Waals surface area contributed by atoms with Crippen LogP contribution in [0.15, 0.2) is 4.99 Å². The number of hydrogen-bond acceptors (Lipinski definition) is 5. The zero-order chi connectivity index (χ0) is 13.6. The first-order chi connectivity index (χ1) is 8.47. The van der Waals surface area contributed by atoms with Crippen molar-refractivity contribution in [1.29, 1.82) is 0 Å². The van der Waals surface area contributed by atoms with Crippen LogP contribution in [0, 0.1) is 5.41 Å². The smallest absolute Gasteiger partial charge is 0.156 e. The number of nitrogens with zero attached hydrogens (tertiary/aromatic N) is 1. The topological polar surface area (TPSA) is 58.5 Å². The molecule has 4 nitrogen and oxygen atoms in total. The molecule has 1 heterocycles. The lowest BCUT2D eigenvalue weighted by Crippen LogP contribution is -2.36. The van der Waals surface area contributed by atoms with Crippen molar-refractivity contribution in [3.8, 4) is 0 Å². The van der Waals surface area contributed by atoms with E-state index in [0.29, 0.717) is 12.0 Å². The minimum atomic E-state index is -2.88. The van der Waals surface area contributed by atoms with Gasteiger partial charge in [-0.1, -0.05) is 32.5 Å². The molecule has 0 bridgehead atoms. The molecule has 1 rings (SSSR count). The molecule has 0 spiro atoms. The van der Waals surface area contributed by atoms with E-state index in [2.05, 4.69) is 24.2 Å². The largest absolute Gasteiger partial charge is 0.364 e. The number of hydrogen-bond donors (Lipinski definition) is 1. The fourth-order valence-corrected chi connectivity index (χ4v) is 3.80. The molecule has 0 radical (unpaired) electrons. The molecule has 0 atom stereocenters. The molecule has 0 saturated carbocycles. The van der Waals surface area contributed by atoms with E-state index < -0.39 is 9.84 Å². The van der Waals surface area contributed by atoms with Crippen LogP contribution in [0.5, 0.6) is 0 Å². The Bertz CT molecular complexity index is 387. The van der Waals surface area contributed by atoms with E-state index >= 15 is 0 Å². The van der Waals surface area contributed by atoms with Gasteiger partial charge in [-0.15, -0.1) is 0 Å². The second-order valence-electron chi connectivity index (χ2n) is 4.78. The summed E-state index contributed by atoms with van der Waals surface area (Å²) in [6.45, 7) is 7.43. The second-order valence-corrected chi connectivity index (χ2v) is 8.22.